The number of hydrogen-bond acceptors (Lipinski definition) is 11. The first-order chi connectivity index (χ1) is 21.1. The van der Waals surface area contributed by atoms with E-state index >= 15 is 0 Å². The fourth-order valence-corrected chi connectivity index (χ4v) is 6.16. The highest BCUT2D eigenvalue weighted by Gasteiger charge is 2.86. The molecule has 1 aromatic carbocycles. The van der Waals surface area contributed by atoms with Gasteiger partial charge in [0.2, 0.25) is 17.5 Å². The summed E-state index contributed by atoms with van der Waals surface area (Å²) in [7, 11) is 0. The maximum absolute atomic E-state index is 12.8. The van der Waals surface area contributed by atoms with Crippen LogP contribution >= 0.6 is 0 Å². The van der Waals surface area contributed by atoms with Gasteiger partial charge in [-0.2, -0.15) is 0 Å². The summed E-state index contributed by atoms with van der Waals surface area (Å²) < 4.78 is 21.8. The van der Waals surface area contributed by atoms with E-state index in [0.29, 0.717) is 19.3 Å². The maximum atomic E-state index is 12.8. The molecule has 2 aliphatic heterocycles. The van der Waals surface area contributed by atoms with Gasteiger partial charge in [0.1, 0.15) is 12.2 Å². The highest BCUT2D eigenvalue weighted by atomic mass is 16.8. The Bertz CT molecular complexity index is 1350. The second kappa shape index (κ2) is 12.7. The van der Waals surface area contributed by atoms with Crippen LogP contribution in [0.4, 0.5) is 4.79 Å². The Hall–Kier alpha value is -4.05. The number of carboxylic acid groups (broad SMARTS) is 3. The van der Waals surface area contributed by atoms with Crippen LogP contribution in [0.15, 0.2) is 42.5 Å². The second-order valence-corrected chi connectivity index (χ2v) is 11.8. The first-order valence-corrected chi connectivity index (χ1v) is 14.4. The van der Waals surface area contributed by atoms with Gasteiger partial charge in [0.05, 0.1) is 0 Å². The number of carbonyl (C=O) groups is 5. The van der Waals surface area contributed by atoms with Crippen molar-refractivity contribution in [1.29, 1.82) is 0 Å². The minimum absolute atomic E-state index is 0.233. The first kappa shape index (κ1) is 33.8. The van der Waals surface area contributed by atoms with Crippen LogP contribution < -0.4 is 5.32 Å². The number of alkyl carbamates (subject to hydrolysis) is 1. The number of benzene rings is 1. The number of aliphatic hydroxyl groups is 2. The molecule has 4 rings (SSSR count). The van der Waals surface area contributed by atoms with Crippen molar-refractivity contribution in [3.63, 3.8) is 0 Å². The normalized spacial score (nSPS) is 32.0. The Morgan fingerprint density at radius 3 is 2.24 bits per heavy atom. The van der Waals surface area contributed by atoms with Crippen molar-refractivity contribution >= 4 is 30.0 Å². The molecule has 6 N–H and O–H groups in total. The van der Waals surface area contributed by atoms with Gasteiger partial charge in [-0.1, -0.05) is 43.8 Å². The summed E-state index contributed by atoms with van der Waals surface area (Å²) in [4.78, 5) is 62.3. The number of aliphatic carboxylic acids is 3. The van der Waals surface area contributed by atoms with Gasteiger partial charge in [-0.15, -0.1) is 0 Å². The largest absolute Gasteiger partial charge is 0.479 e. The summed E-state index contributed by atoms with van der Waals surface area (Å²) in [5, 5.41) is 55.5. The molecule has 2 saturated heterocycles. The molecule has 15 heteroatoms. The molecule has 246 valence electrons. The Labute approximate surface area is 257 Å². The SMILES string of the molecule is C=C(CCC12OC(C(=O)O)C(O)(C(=O)O)C(C(=O)O)(O1)[C@H](OC(=O)NC1CCC1)[C@H]2O)[C@@H](OC(C)=O)[C@H](C)Cc1ccccc1. The van der Waals surface area contributed by atoms with Gasteiger partial charge < -0.3 is 49.8 Å². The van der Waals surface area contributed by atoms with Crippen molar-refractivity contribution in [2.24, 2.45) is 5.92 Å². The van der Waals surface area contributed by atoms with Gasteiger partial charge >= 0.3 is 30.0 Å². The van der Waals surface area contributed by atoms with Crippen LogP contribution in [0.3, 0.4) is 0 Å². The summed E-state index contributed by atoms with van der Waals surface area (Å²) >= 11 is 0. The number of carboxylic acids is 3. The topological polar surface area (TPSA) is 235 Å². The monoisotopic (exact) mass is 635 g/mol. The molecule has 1 amide bonds. The number of esters is 1. The van der Waals surface area contributed by atoms with Gasteiger partial charge in [0, 0.05) is 25.3 Å². The van der Waals surface area contributed by atoms with Gasteiger partial charge in [0.15, 0.2) is 6.10 Å². The van der Waals surface area contributed by atoms with Crippen LogP contribution in [0.1, 0.15) is 51.5 Å². The van der Waals surface area contributed by atoms with E-state index in [0.717, 1.165) is 12.0 Å². The molecule has 2 heterocycles. The number of fused-ring (bicyclic) bond motifs is 2. The lowest BCUT2D eigenvalue weighted by Crippen LogP contribution is -2.78. The number of amides is 1. The molecule has 1 saturated carbocycles. The maximum Gasteiger partial charge on any atom is 0.407 e. The zero-order valence-corrected chi connectivity index (χ0v) is 24.7. The fraction of sp³-hybridized carbons (Fsp3) is 0.567. The predicted molar refractivity (Wildman–Crippen MR) is 150 cm³/mol. The molecule has 0 radical (unpaired) electrons. The zero-order valence-electron chi connectivity index (χ0n) is 24.7. The summed E-state index contributed by atoms with van der Waals surface area (Å²) in [6.45, 7) is 7.00. The van der Waals surface area contributed by atoms with Crippen molar-refractivity contribution in [1.82, 2.24) is 5.32 Å². The quantitative estimate of drug-likeness (QED) is 0.131. The van der Waals surface area contributed by atoms with E-state index in [1.54, 1.807) is 6.92 Å². The third-order valence-corrected chi connectivity index (χ3v) is 8.67. The molecular weight excluding hydrogens is 598 g/mol. The van der Waals surface area contributed by atoms with E-state index in [-0.39, 0.29) is 24.0 Å². The number of ether oxygens (including phenoxy) is 4. The Balaban J connectivity index is 1.68. The molecule has 45 heavy (non-hydrogen) atoms. The van der Waals surface area contributed by atoms with Crippen molar-refractivity contribution < 1.29 is 68.5 Å². The van der Waals surface area contributed by atoms with E-state index in [4.69, 9.17) is 18.9 Å². The first-order valence-electron chi connectivity index (χ1n) is 14.4. The summed E-state index contributed by atoms with van der Waals surface area (Å²) in [6.07, 6.45) is -8.07. The van der Waals surface area contributed by atoms with Crippen molar-refractivity contribution in [2.75, 3.05) is 0 Å². The molecule has 0 spiro atoms. The lowest BCUT2D eigenvalue weighted by Gasteiger charge is -2.48. The van der Waals surface area contributed by atoms with Gasteiger partial charge in [0.25, 0.3) is 5.60 Å². The molecule has 4 unspecified atom stereocenters. The Morgan fingerprint density at radius 1 is 1.09 bits per heavy atom. The average Bonchev–Trinajstić information content (AvgIpc) is 3.16. The number of hydrogen-bond donors (Lipinski definition) is 6. The minimum Gasteiger partial charge on any atom is -0.479 e. The predicted octanol–water partition coefficient (Wildman–Crippen LogP) is 0.991. The van der Waals surface area contributed by atoms with Gasteiger partial charge in [-0.05, 0) is 43.2 Å². The summed E-state index contributed by atoms with van der Waals surface area (Å²) in [5.74, 6) is -10.3. The lowest BCUT2D eigenvalue weighted by atomic mass is 9.74. The van der Waals surface area contributed by atoms with Crippen LogP contribution in [0.5, 0.6) is 0 Å². The fourth-order valence-electron chi connectivity index (χ4n) is 6.16. The van der Waals surface area contributed by atoms with E-state index < -0.39 is 77.8 Å². The Kier molecular flexibility index (Phi) is 9.59. The second-order valence-electron chi connectivity index (χ2n) is 11.8. The van der Waals surface area contributed by atoms with E-state index in [2.05, 4.69) is 11.9 Å². The van der Waals surface area contributed by atoms with Crippen LogP contribution in [-0.4, -0.2) is 103 Å². The van der Waals surface area contributed by atoms with Gasteiger partial charge in [-0.3, -0.25) is 4.79 Å². The van der Waals surface area contributed by atoms with Crippen molar-refractivity contribution in [3.8, 4) is 0 Å². The van der Waals surface area contributed by atoms with Crippen molar-refractivity contribution in [2.45, 2.75) is 99.8 Å². The number of carbonyl (C=O) groups excluding carboxylic acids is 2. The van der Waals surface area contributed by atoms with Gasteiger partial charge in [-0.25, -0.2) is 19.2 Å². The van der Waals surface area contributed by atoms with Crippen molar-refractivity contribution in [3.05, 3.63) is 48.0 Å². The van der Waals surface area contributed by atoms with Crippen LogP contribution in [0.25, 0.3) is 0 Å². The Morgan fingerprint density at radius 2 is 1.73 bits per heavy atom. The lowest BCUT2D eigenvalue weighted by molar-refractivity contribution is -0.373. The molecule has 15 nitrogen and oxygen atoms in total. The zero-order chi connectivity index (χ0) is 33.3. The smallest absolute Gasteiger partial charge is 0.407 e. The summed E-state index contributed by atoms with van der Waals surface area (Å²) in [6, 6.07) is 8.95. The number of rotatable bonds is 13. The number of nitrogens with one attached hydrogen (secondary N) is 1. The van der Waals surface area contributed by atoms with Crippen LogP contribution in [0, 0.1) is 5.92 Å². The third-order valence-electron chi connectivity index (χ3n) is 8.67. The van der Waals surface area contributed by atoms with Crippen LogP contribution in [0.2, 0.25) is 0 Å². The average molecular weight is 636 g/mol. The molecule has 1 aliphatic carbocycles. The molecule has 3 fully saturated rings. The summed E-state index contributed by atoms with van der Waals surface area (Å²) in [5.41, 5.74) is -6.23. The molecule has 0 aromatic heterocycles. The standard InChI is InChI=1S/C30H37NO14/c1-15(20(42-17(3)32)16(2)14-18-8-5-4-6-9-18)12-13-28-21(33)22(43-27(40)31-19-10-7-11-19)30(45-28,26(38)39)29(41,25(36)37)23(44-28)24(34)35/h4-6,8-9,16,19-23,33,41H,1,7,10-14H2,2-3H3,(H,31,40)(H,34,35)(H,36,37)(H,38,39)/t16-,20-,21-,22-,23?,28?,29?,30?/m1/s1. The van der Waals surface area contributed by atoms with E-state index in [1.807, 2.05) is 30.3 Å². The number of aliphatic hydroxyl groups excluding tert-OH is 1. The molecular formula is C30H37NO14. The highest BCUT2D eigenvalue weighted by molar-refractivity contribution is 5.98. The molecule has 3 aliphatic rings. The molecule has 1 aromatic rings. The van der Waals surface area contributed by atoms with E-state index in [1.165, 1.54) is 6.92 Å². The highest BCUT2D eigenvalue weighted by Crippen LogP contribution is 2.56. The molecule has 2 bridgehead atoms. The minimum atomic E-state index is -3.88. The van der Waals surface area contributed by atoms with E-state index in [9.17, 15) is 49.5 Å². The van der Waals surface area contributed by atoms with Crippen LogP contribution in [-0.2, 0) is 44.5 Å². The third kappa shape index (κ3) is 6.00. The molecule has 8 atom stereocenters.